The lowest BCUT2D eigenvalue weighted by Crippen LogP contribution is -2.29. The summed E-state index contributed by atoms with van der Waals surface area (Å²) >= 11 is 0. The summed E-state index contributed by atoms with van der Waals surface area (Å²) in [5.41, 5.74) is -0.139. The lowest BCUT2D eigenvalue weighted by molar-refractivity contribution is -0.286. The highest BCUT2D eigenvalue weighted by Crippen LogP contribution is 2.44. The third-order valence-corrected chi connectivity index (χ3v) is 7.86. The van der Waals surface area contributed by atoms with Crippen molar-refractivity contribution in [1.82, 2.24) is 19.7 Å². The monoisotopic (exact) mass is 610 g/mol. The van der Waals surface area contributed by atoms with E-state index in [0.29, 0.717) is 44.2 Å². The van der Waals surface area contributed by atoms with E-state index in [9.17, 15) is 31.9 Å². The van der Waals surface area contributed by atoms with Crippen LogP contribution in [0.15, 0.2) is 30.6 Å². The van der Waals surface area contributed by atoms with E-state index in [1.54, 1.807) is 6.92 Å². The van der Waals surface area contributed by atoms with Gasteiger partial charge in [0.25, 0.3) is 0 Å². The second kappa shape index (κ2) is 10.9. The van der Waals surface area contributed by atoms with Crippen molar-refractivity contribution < 1.29 is 50.8 Å². The molecule has 0 radical (unpaired) electrons. The van der Waals surface area contributed by atoms with Crippen molar-refractivity contribution in [3.8, 4) is 23.1 Å². The summed E-state index contributed by atoms with van der Waals surface area (Å²) < 4.78 is 91.4. The molecule has 3 aromatic heterocycles. The standard InChI is InChI=1S/C28H27F5N4O6/c1-14(19-12-21-22(13-35-19)43-28(32,33)42-21)40-23-11-16(9-10-34-23)37-24-18(25(36-37)27(29,30)31)3-2-4-20(24)41-17-7-5-15(6-8-17)26(38)39/h9-15,17,20H,2-8H2,1H3,(H,38,39)/t14-,15-,17-,20?/m1/s1. The van der Waals surface area contributed by atoms with Crippen molar-refractivity contribution >= 4 is 5.97 Å². The highest BCUT2D eigenvalue weighted by Gasteiger charge is 2.44. The number of hydrogen-bond acceptors (Lipinski definition) is 8. The zero-order valence-corrected chi connectivity index (χ0v) is 22.8. The van der Waals surface area contributed by atoms with E-state index in [-0.39, 0.29) is 46.8 Å². The maximum absolute atomic E-state index is 14.1. The summed E-state index contributed by atoms with van der Waals surface area (Å²) in [5.74, 6) is -1.70. The molecular formula is C28H27F5N4O6. The Morgan fingerprint density at radius 1 is 1.12 bits per heavy atom. The van der Waals surface area contributed by atoms with Gasteiger partial charge in [0.05, 0.1) is 35.3 Å². The second-order valence-corrected chi connectivity index (χ2v) is 10.8. The third-order valence-electron chi connectivity index (χ3n) is 7.86. The first-order valence-corrected chi connectivity index (χ1v) is 13.8. The number of aliphatic carboxylic acids is 1. The number of carboxylic acid groups (broad SMARTS) is 1. The maximum atomic E-state index is 14.1. The van der Waals surface area contributed by atoms with Crippen LogP contribution < -0.4 is 14.2 Å². The summed E-state index contributed by atoms with van der Waals surface area (Å²) in [6.45, 7) is 1.59. The fourth-order valence-corrected chi connectivity index (χ4v) is 5.81. The molecule has 3 aliphatic rings. The van der Waals surface area contributed by atoms with Gasteiger partial charge in [-0.3, -0.25) is 9.78 Å². The van der Waals surface area contributed by atoms with E-state index in [0.717, 1.165) is 6.20 Å². The molecule has 1 fully saturated rings. The Balaban J connectivity index is 1.27. The number of nitrogens with zero attached hydrogens (tertiary/aromatic N) is 4. The minimum Gasteiger partial charge on any atom is -0.481 e. The molecule has 230 valence electrons. The van der Waals surface area contributed by atoms with E-state index in [2.05, 4.69) is 24.5 Å². The van der Waals surface area contributed by atoms with Gasteiger partial charge >= 0.3 is 18.4 Å². The summed E-state index contributed by atoms with van der Waals surface area (Å²) in [6, 6.07) is 4.17. The maximum Gasteiger partial charge on any atom is 0.586 e. The van der Waals surface area contributed by atoms with Gasteiger partial charge in [-0.15, -0.1) is 8.78 Å². The number of pyridine rings is 2. The molecule has 0 spiro atoms. The van der Waals surface area contributed by atoms with E-state index >= 15 is 0 Å². The van der Waals surface area contributed by atoms with Gasteiger partial charge in [-0.1, -0.05) is 0 Å². The SMILES string of the molecule is C[C@@H](Oc1cc(-n2nc(C(F)(F)F)c3c2C(O[C@H]2CC[C@H](C(=O)O)CC2)CCC3)ccn1)c1cc2c(cn1)OC(F)(F)O2. The quantitative estimate of drug-likeness (QED) is 0.313. The Bertz CT molecular complexity index is 1520. The molecule has 6 rings (SSSR count). The molecule has 1 N–H and O–H groups in total. The molecule has 1 aliphatic heterocycles. The van der Waals surface area contributed by atoms with Gasteiger partial charge in [-0.25, -0.2) is 9.67 Å². The molecule has 3 aromatic rings. The summed E-state index contributed by atoms with van der Waals surface area (Å²) in [7, 11) is 0. The number of alkyl halides is 5. The van der Waals surface area contributed by atoms with Crippen LogP contribution in [-0.4, -0.2) is 43.2 Å². The van der Waals surface area contributed by atoms with Gasteiger partial charge in [0.15, 0.2) is 17.2 Å². The zero-order valence-electron chi connectivity index (χ0n) is 22.8. The highest BCUT2D eigenvalue weighted by molar-refractivity contribution is 5.70. The van der Waals surface area contributed by atoms with Gasteiger partial charge in [0, 0.05) is 23.9 Å². The average molecular weight is 611 g/mol. The number of aromatic nitrogens is 4. The van der Waals surface area contributed by atoms with Crippen molar-refractivity contribution in [3.63, 3.8) is 0 Å². The molecule has 1 saturated carbocycles. The molecule has 0 amide bonds. The van der Waals surface area contributed by atoms with Crippen LogP contribution in [0.2, 0.25) is 0 Å². The van der Waals surface area contributed by atoms with Crippen molar-refractivity contribution in [2.24, 2.45) is 5.92 Å². The smallest absolute Gasteiger partial charge is 0.481 e. The van der Waals surface area contributed by atoms with Gasteiger partial charge in [0.1, 0.15) is 12.2 Å². The van der Waals surface area contributed by atoms with Gasteiger partial charge < -0.3 is 24.1 Å². The number of rotatable bonds is 7. The van der Waals surface area contributed by atoms with Crippen LogP contribution >= 0.6 is 0 Å². The van der Waals surface area contributed by atoms with Crippen LogP contribution in [0.4, 0.5) is 22.0 Å². The van der Waals surface area contributed by atoms with Crippen molar-refractivity contribution in [1.29, 1.82) is 0 Å². The Labute approximate surface area is 241 Å². The lowest BCUT2D eigenvalue weighted by Gasteiger charge is -2.32. The summed E-state index contributed by atoms with van der Waals surface area (Å²) in [5, 5.41) is 13.3. The second-order valence-electron chi connectivity index (χ2n) is 10.8. The van der Waals surface area contributed by atoms with Crippen LogP contribution in [0.25, 0.3) is 5.69 Å². The predicted octanol–water partition coefficient (Wildman–Crippen LogP) is 6.18. The van der Waals surface area contributed by atoms with Crippen LogP contribution in [0.3, 0.4) is 0 Å². The first-order valence-electron chi connectivity index (χ1n) is 13.8. The van der Waals surface area contributed by atoms with E-state index in [4.69, 9.17) is 9.47 Å². The molecule has 10 nitrogen and oxygen atoms in total. The van der Waals surface area contributed by atoms with Crippen molar-refractivity contribution in [2.45, 2.75) is 82.7 Å². The number of carboxylic acids is 1. The highest BCUT2D eigenvalue weighted by atomic mass is 19.4. The largest absolute Gasteiger partial charge is 0.586 e. The molecule has 15 heteroatoms. The molecule has 2 aliphatic carbocycles. The number of halogens is 5. The summed E-state index contributed by atoms with van der Waals surface area (Å²) in [4.78, 5) is 19.6. The van der Waals surface area contributed by atoms with Gasteiger partial charge in [-0.05, 0) is 57.9 Å². The molecule has 0 bridgehead atoms. The molecule has 1 unspecified atom stereocenters. The number of ether oxygens (including phenoxy) is 4. The number of carbonyl (C=O) groups is 1. The molecule has 43 heavy (non-hydrogen) atoms. The molecule has 2 atom stereocenters. The Morgan fingerprint density at radius 2 is 1.86 bits per heavy atom. The van der Waals surface area contributed by atoms with Crippen molar-refractivity contribution in [3.05, 3.63) is 53.2 Å². The van der Waals surface area contributed by atoms with Crippen LogP contribution in [0.1, 0.15) is 80.3 Å². The first kappa shape index (κ1) is 29.1. The number of fused-ring (bicyclic) bond motifs is 2. The predicted molar refractivity (Wildman–Crippen MR) is 136 cm³/mol. The van der Waals surface area contributed by atoms with Gasteiger partial charge in [-0.2, -0.15) is 18.3 Å². The average Bonchev–Trinajstić information content (AvgIpc) is 3.50. The molecule has 0 aromatic carbocycles. The number of hydrogen-bond donors (Lipinski definition) is 1. The fourth-order valence-electron chi connectivity index (χ4n) is 5.81. The van der Waals surface area contributed by atoms with Crippen LogP contribution in [0.5, 0.6) is 17.4 Å². The normalized spacial score (nSPS) is 23.4. The van der Waals surface area contributed by atoms with E-state index in [1.165, 1.54) is 29.1 Å². The minimum atomic E-state index is -4.69. The van der Waals surface area contributed by atoms with Crippen molar-refractivity contribution in [2.75, 3.05) is 0 Å². The van der Waals surface area contributed by atoms with Crippen LogP contribution in [0, 0.1) is 5.92 Å². The lowest BCUT2D eigenvalue weighted by atomic mass is 9.87. The fraction of sp³-hybridized carbons (Fsp3) is 0.500. The molecule has 0 saturated heterocycles. The topological polar surface area (TPSA) is 118 Å². The Kier molecular flexibility index (Phi) is 7.39. The first-order chi connectivity index (χ1) is 20.4. The van der Waals surface area contributed by atoms with Crippen LogP contribution in [-0.2, 0) is 22.1 Å². The Hall–Kier alpha value is -4.01. The van der Waals surface area contributed by atoms with E-state index < -0.39 is 42.3 Å². The van der Waals surface area contributed by atoms with Gasteiger partial charge in [0.2, 0.25) is 5.88 Å². The third kappa shape index (κ3) is 5.94. The summed E-state index contributed by atoms with van der Waals surface area (Å²) in [6.07, 6.45) is -4.80. The Morgan fingerprint density at radius 3 is 2.58 bits per heavy atom. The van der Waals surface area contributed by atoms with E-state index in [1.807, 2.05) is 0 Å². The molecule has 4 heterocycles. The zero-order chi connectivity index (χ0) is 30.5. The minimum absolute atomic E-state index is 0.0351. The molecular weight excluding hydrogens is 583 g/mol.